The van der Waals surface area contributed by atoms with Crippen LogP contribution in [0.4, 0.5) is 0 Å². The second-order valence-electron chi connectivity index (χ2n) is 8.48. The van der Waals surface area contributed by atoms with Crippen molar-refractivity contribution < 1.29 is 14.2 Å². The van der Waals surface area contributed by atoms with Gasteiger partial charge in [0.1, 0.15) is 31.3 Å². The van der Waals surface area contributed by atoms with E-state index in [4.69, 9.17) is 14.2 Å². The van der Waals surface area contributed by atoms with Gasteiger partial charge in [-0.3, -0.25) is 4.68 Å². The zero-order valence-electron chi connectivity index (χ0n) is 20.0. The van der Waals surface area contributed by atoms with Crippen LogP contribution < -0.4 is 14.2 Å². The summed E-state index contributed by atoms with van der Waals surface area (Å²) in [5.74, 6) is 2.29. The molecule has 5 aromatic rings. The van der Waals surface area contributed by atoms with Crippen molar-refractivity contribution in [3.8, 4) is 17.4 Å². The van der Waals surface area contributed by atoms with Gasteiger partial charge in [-0.1, -0.05) is 84.9 Å². The van der Waals surface area contributed by atoms with Crippen LogP contribution >= 0.6 is 0 Å². The van der Waals surface area contributed by atoms with Crippen molar-refractivity contribution in [3.05, 3.63) is 144 Å². The van der Waals surface area contributed by atoms with Crippen molar-refractivity contribution >= 4 is 0 Å². The first-order valence-electron chi connectivity index (χ1n) is 12.0. The molecule has 1 aromatic heterocycles. The molecule has 5 rings (SSSR count). The highest BCUT2D eigenvalue weighted by Gasteiger charge is 2.04. The lowest BCUT2D eigenvalue weighted by Crippen LogP contribution is -2.02. The standard InChI is InChI=1S/C31H28N2O3/c1-3-7-26(8-4-1)22-34-29-15-11-25(12-16-29)21-33-20-19-31(32-33)36-24-28-13-17-30(18-14-28)35-23-27-9-5-2-6-10-27/h1-20H,21-24H2. The third kappa shape index (κ3) is 6.76. The van der Waals surface area contributed by atoms with Gasteiger partial charge in [0.2, 0.25) is 5.88 Å². The van der Waals surface area contributed by atoms with E-state index in [1.807, 2.05) is 89.7 Å². The number of nitrogens with zero attached hydrogens (tertiary/aromatic N) is 2. The van der Waals surface area contributed by atoms with Gasteiger partial charge in [-0.2, -0.15) is 0 Å². The minimum atomic E-state index is 0.448. The van der Waals surface area contributed by atoms with Crippen LogP contribution in [0.15, 0.2) is 121 Å². The summed E-state index contributed by atoms with van der Waals surface area (Å²) >= 11 is 0. The Labute approximate surface area is 211 Å². The van der Waals surface area contributed by atoms with E-state index < -0.39 is 0 Å². The van der Waals surface area contributed by atoms with Crippen LogP contribution in [0.1, 0.15) is 22.3 Å². The van der Waals surface area contributed by atoms with Crippen molar-refractivity contribution in [2.45, 2.75) is 26.4 Å². The van der Waals surface area contributed by atoms with Crippen LogP contribution in [-0.2, 0) is 26.4 Å². The SMILES string of the molecule is c1ccc(COc2ccc(COc3ccn(Cc4ccc(OCc5ccccc5)cc4)n3)cc2)cc1. The molecular weight excluding hydrogens is 448 g/mol. The monoisotopic (exact) mass is 476 g/mol. The molecule has 36 heavy (non-hydrogen) atoms. The van der Waals surface area contributed by atoms with E-state index in [2.05, 4.69) is 41.5 Å². The van der Waals surface area contributed by atoms with Gasteiger partial charge < -0.3 is 14.2 Å². The fourth-order valence-electron chi connectivity index (χ4n) is 3.71. The molecule has 5 heteroatoms. The van der Waals surface area contributed by atoms with Gasteiger partial charge >= 0.3 is 0 Å². The van der Waals surface area contributed by atoms with Crippen molar-refractivity contribution in [2.24, 2.45) is 0 Å². The zero-order chi connectivity index (χ0) is 24.4. The Morgan fingerprint density at radius 1 is 0.472 bits per heavy atom. The maximum Gasteiger partial charge on any atom is 0.233 e. The molecule has 0 amide bonds. The minimum Gasteiger partial charge on any atom is -0.489 e. The molecule has 0 aliphatic carbocycles. The first-order valence-corrected chi connectivity index (χ1v) is 12.0. The lowest BCUT2D eigenvalue weighted by atomic mass is 10.2. The van der Waals surface area contributed by atoms with Gasteiger partial charge in [-0.25, -0.2) is 0 Å². The summed E-state index contributed by atoms with van der Waals surface area (Å²) in [5.41, 5.74) is 4.50. The number of ether oxygens (including phenoxy) is 3. The van der Waals surface area contributed by atoms with Crippen molar-refractivity contribution in [3.63, 3.8) is 0 Å². The molecule has 0 N–H and O–H groups in total. The number of rotatable bonds is 11. The lowest BCUT2D eigenvalue weighted by molar-refractivity contribution is 0.288. The first kappa shape index (κ1) is 23.2. The van der Waals surface area contributed by atoms with E-state index >= 15 is 0 Å². The normalized spacial score (nSPS) is 10.7. The Hall–Kier alpha value is -4.51. The lowest BCUT2D eigenvalue weighted by Gasteiger charge is -2.08. The van der Waals surface area contributed by atoms with Crippen LogP contribution in [0, 0.1) is 0 Å². The Morgan fingerprint density at radius 2 is 0.944 bits per heavy atom. The van der Waals surface area contributed by atoms with Crippen LogP contribution in [0.2, 0.25) is 0 Å². The molecule has 0 bridgehead atoms. The van der Waals surface area contributed by atoms with Crippen LogP contribution in [0.25, 0.3) is 0 Å². The van der Waals surface area contributed by atoms with Gasteiger partial charge in [0.25, 0.3) is 0 Å². The smallest absolute Gasteiger partial charge is 0.233 e. The molecule has 0 atom stereocenters. The largest absolute Gasteiger partial charge is 0.489 e. The van der Waals surface area contributed by atoms with Gasteiger partial charge in [0.05, 0.1) is 6.54 Å². The maximum absolute atomic E-state index is 5.88. The Balaban J connectivity index is 1.07. The fourth-order valence-corrected chi connectivity index (χ4v) is 3.71. The van der Waals surface area contributed by atoms with E-state index in [9.17, 15) is 0 Å². The van der Waals surface area contributed by atoms with Crippen LogP contribution in [0.5, 0.6) is 17.4 Å². The van der Waals surface area contributed by atoms with Crippen LogP contribution in [-0.4, -0.2) is 9.78 Å². The summed E-state index contributed by atoms with van der Waals surface area (Å²) in [6.07, 6.45) is 1.93. The molecule has 4 aromatic carbocycles. The Bertz CT molecular complexity index is 1330. The van der Waals surface area contributed by atoms with Gasteiger partial charge in [-0.05, 0) is 46.5 Å². The summed E-state index contributed by atoms with van der Waals surface area (Å²) in [6, 6.07) is 38.2. The van der Waals surface area contributed by atoms with Crippen molar-refractivity contribution in [2.75, 3.05) is 0 Å². The highest BCUT2D eigenvalue weighted by Crippen LogP contribution is 2.18. The maximum atomic E-state index is 5.88. The highest BCUT2D eigenvalue weighted by molar-refractivity contribution is 5.29. The summed E-state index contributed by atoms with van der Waals surface area (Å²) in [5, 5.41) is 4.54. The van der Waals surface area contributed by atoms with Crippen molar-refractivity contribution in [1.29, 1.82) is 0 Å². The average molecular weight is 477 g/mol. The molecule has 0 unspecified atom stereocenters. The Morgan fingerprint density at radius 3 is 1.50 bits per heavy atom. The molecule has 0 saturated carbocycles. The third-order valence-electron chi connectivity index (χ3n) is 5.69. The second-order valence-corrected chi connectivity index (χ2v) is 8.48. The zero-order valence-corrected chi connectivity index (χ0v) is 20.0. The quantitative estimate of drug-likeness (QED) is 0.214. The van der Waals surface area contributed by atoms with E-state index in [-0.39, 0.29) is 0 Å². The van der Waals surface area contributed by atoms with E-state index in [0.29, 0.717) is 32.2 Å². The summed E-state index contributed by atoms with van der Waals surface area (Å²) in [4.78, 5) is 0. The molecule has 1 heterocycles. The molecular formula is C31H28N2O3. The fraction of sp³-hybridized carbons (Fsp3) is 0.129. The topological polar surface area (TPSA) is 45.5 Å². The molecule has 180 valence electrons. The number of hydrogen-bond donors (Lipinski definition) is 0. The summed E-state index contributed by atoms with van der Waals surface area (Å²) in [6.45, 7) is 2.22. The number of aromatic nitrogens is 2. The number of hydrogen-bond acceptors (Lipinski definition) is 4. The van der Waals surface area contributed by atoms with E-state index in [0.717, 1.165) is 33.8 Å². The number of benzene rings is 4. The summed E-state index contributed by atoms with van der Waals surface area (Å²) in [7, 11) is 0. The Kier molecular flexibility index (Phi) is 7.59. The van der Waals surface area contributed by atoms with Crippen LogP contribution in [0.3, 0.4) is 0 Å². The predicted octanol–water partition coefficient (Wildman–Crippen LogP) is 6.67. The van der Waals surface area contributed by atoms with Gasteiger partial charge in [0.15, 0.2) is 0 Å². The molecule has 0 aliphatic rings. The van der Waals surface area contributed by atoms with Gasteiger partial charge in [-0.15, -0.1) is 5.10 Å². The third-order valence-corrected chi connectivity index (χ3v) is 5.69. The van der Waals surface area contributed by atoms with E-state index in [1.54, 1.807) is 0 Å². The summed E-state index contributed by atoms with van der Waals surface area (Å²) < 4.78 is 19.5. The first-order chi connectivity index (χ1) is 17.8. The molecule has 0 radical (unpaired) electrons. The molecule has 5 nitrogen and oxygen atoms in total. The molecule has 0 aliphatic heterocycles. The minimum absolute atomic E-state index is 0.448. The predicted molar refractivity (Wildman–Crippen MR) is 140 cm³/mol. The average Bonchev–Trinajstić information content (AvgIpc) is 3.39. The second kappa shape index (κ2) is 11.8. The van der Waals surface area contributed by atoms with Crippen molar-refractivity contribution in [1.82, 2.24) is 9.78 Å². The highest BCUT2D eigenvalue weighted by atomic mass is 16.5. The molecule has 0 saturated heterocycles. The molecule has 0 spiro atoms. The van der Waals surface area contributed by atoms with E-state index in [1.165, 1.54) is 0 Å². The van der Waals surface area contributed by atoms with Gasteiger partial charge in [0, 0.05) is 12.3 Å². The molecule has 0 fully saturated rings.